The van der Waals surface area contributed by atoms with Gasteiger partial charge in [0.15, 0.2) is 0 Å². The number of hydrogen-bond donors (Lipinski definition) is 1. The molecule has 0 radical (unpaired) electrons. The van der Waals surface area contributed by atoms with E-state index in [1.807, 2.05) is 0 Å². The van der Waals surface area contributed by atoms with Gasteiger partial charge in [-0.15, -0.1) is 0 Å². The average Bonchev–Trinajstić information content (AvgIpc) is 2.31. The Kier molecular flexibility index (Phi) is 2.99. The molecule has 1 N–H and O–H groups in total. The fraction of sp³-hybridized carbons (Fsp3) is 0.500. The monoisotopic (exact) mass is 249 g/mol. The third-order valence-corrected chi connectivity index (χ3v) is 2.00. The predicted octanol–water partition coefficient (Wildman–Crippen LogP) is 0.935. The van der Waals surface area contributed by atoms with Crippen LogP contribution < -0.4 is 0 Å². The van der Waals surface area contributed by atoms with E-state index in [4.69, 9.17) is 5.11 Å². The minimum absolute atomic E-state index is 0.229. The molecule has 6 nitrogen and oxygen atoms in total. The van der Waals surface area contributed by atoms with Crippen LogP contribution in [0.2, 0.25) is 0 Å². The highest BCUT2D eigenvalue weighted by atomic mass is 79.9. The van der Waals surface area contributed by atoms with Crippen molar-refractivity contribution in [3.63, 3.8) is 0 Å². The quantitative estimate of drug-likeness (QED) is 0.639. The first kappa shape index (κ1) is 10.1. The molecule has 0 saturated heterocycles. The molecule has 1 atom stereocenters. The van der Waals surface area contributed by atoms with Gasteiger partial charge in [0.1, 0.15) is 6.20 Å². The van der Waals surface area contributed by atoms with Gasteiger partial charge in [-0.25, -0.2) is 0 Å². The highest BCUT2D eigenvalue weighted by Crippen LogP contribution is 2.16. The van der Waals surface area contributed by atoms with Crippen molar-refractivity contribution in [2.75, 3.05) is 0 Å². The molecular formula is C6H8BrN3O3. The summed E-state index contributed by atoms with van der Waals surface area (Å²) in [5.74, 6) is -0.229. The van der Waals surface area contributed by atoms with Gasteiger partial charge in [0, 0.05) is 15.9 Å². The van der Waals surface area contributed by atoms with Crippen LogP contribution in [0.25, 0.3) is 0 Å². The molecule has 7 heteroatoms. The average molecular weight is 250 g/mol. The molecule has 0 saturated carbocycles. The predicted molar refractivity (Wildman–Crippen MR) is 48.3 cm³/mol. The second-order valence-corrected chi connectivity index (χ2v) is 3.34. The topological polar surface area (TPSA) is 81.2 Å². The van der Waals surface area contributed by atoms with Crippen LogP contribution in [0.4, 0.5) is 5.82 Å². The van der Waals surface area contributed by atoms with Gasteiger partial charge in [-0.3, -0.25) is 4.57 Å². The Morgan fingerprint density at radius 3 is 2.92 bits per heavy atom. The number of halogens is 1. The van der Waals surface area contributed by atoms with Crippen molar-refractivity contribution in [1.29, 1.82) is 0 Å². The lowest BCUT2D eigenvalue weighted by atomic mass is 10.4. The van der Waals surface area contributed by atoms with Crippen LogP contribution in [0.3, 0.4) is 0 Å². The van der Waals surface area contributed by atoms with Crippen molar-refractivity contribution in [2.24, 2.45) is 0 Å². The summed E-state index contributed by atoms with van der Waals surface area (Å²) in [7, 11) is 0. The lowest BCUT2D eigenvalue weighted by molar-refractivity contribution is -0.389. The van der Waals surface area contributed by atoms with E-state index in [0.717, 1.165) is 0 Å². The second kappa shape index (κ2) is 3.84. The number of aromatic nitrogens is 2. The largest absolute Gasteiger partial charge is 0.392 e. The van der Waals surface area contributed by atoms with E-state index in [9.17, 15) is 10.1 Å². The standard InChI is InChI=1S/C6H8BrN3O3/c1-4(11)2-9-3-5(10(12)13)8-6(9)7/h3-4,11H,2H2,1H3. The van der Waals surface area contributed by atoms with E-state index in [2.05, 4.69) is 20.9 Å². The molecule has 13 heavy (non-hydrogen) atoms. The Labute approximate surface area is 82.5 Å². The number of aliphatic hydroxyl groups is 1. The number of nitrogens with zero attached hydrogens (tertiary/aromatic N) is 3. The molecule has 1 heterocycles. The number of imidazole rings is 1. The number of hydrogen-bond acceptors (Lipinski definition) is 4. The van der Waals surface area contributed by atoms with Crippen molar-refractivity contribution < 1.29 is 10.0 Å². The van der Waals surface area contributed by atoms with Crippen molar-refractivity contribution in [3.05, 3.63) is 21.0 Å². The summed E-state index contributed by atoms with van der Waals surface area (Å²) in [5, 5.41) is 19.3. The van der Waals surface area contributed by atoms with E-state index in [0.29, 0.717) is 4.73 Å². The van der Waals surface area contributed by atoms with Gasteiger partial charge in [-0.2, -0.15) is 0 Å². The molecule has 0 aliphatic carbocycles. The summed E-state index contributed by atoms with van der Waals surface area (Å²) in [5.41, 5.74) is 0. The second-order valence-electron chi connectivity index (χ2n) is 2.63. The van der Waals surface area contributed by atoms with Gasteiger partial charge < -0.3 is 15.2 Å². The van der Waals surface area contributed by atoms with Crippen LogP contribution in [0.15, 0.2) is 10.9 Å². The van der Waals surface area contributed by atoms with Gasteiger partial charge >= 0.3 is 5.82 Å². The lowest BCUT2D eigenvalue weighted by Crippen LogP contribution is -2.10. The zero-order valence-corrected chi connectivity index (χ0v) is 8.43. The number of aliphatic hydroxyl groups excluding tert-OH is 1. The first-order valence-electron chi connectivity index (χ1n) is 3.56. The summed E-state index contributed by atoms with van der Waals surface area (Å²) >= 11 is 3.05. The van der Waals surface area contributed by atoms with E-state index in [1.165, 1.54) is 10.8 Å². The molecule has 0 aromatic carbocycles. The number of nitro groups is 1. The maximum absolute atomic E-state index is 10.3. The molecule has 0 aliphatic heterocycles. The molecule has 72 valence electrons. The molecular weight excluding hydrogens is 242 g/mol. The zero-order valence-electron chi connectivity index (χ0n) is 6.85. The lowest BCUT2D eigenvalue weighted by Gasteiger charge is -2.02. The first-order valence-corrected chi connectivity index (χ1v) is 4.35. The van der Waals surface area contributed by atoms with Crippen LogP contribution in [0, 0.1) is 10.1 Å². The Hall–Kier alpha value is -0.950. The minimum Gasteiger partial charge on any atom is -0.392 e. The molecule has 0 fully saturated rings. The summed E-state index contributed by atoms with van der Waals surface area (Å²) in [4.78, 5) is 13.4. The molecule has 1 aromatic heterocycles. The zero-order chi connectivity index (χ0) is 10.0. The van der Waals surface area contributed by atoms with Crippen LogP contribution >= 0.6 is 15.9 Å². The minimum atomic E-state index is -0.580. The summed E-state index contributed by atoms with van der Waals surface area (Å²) < 4.78 is 1.82. The van der Waals surface area contributed by atoms with E-state index in [-0.39, 0.29) is 12.4 Å². The first-order chi connectivity index (χ1) is 6.00. The van der Waals surface area contributed by atoms with Crippen LogP contribution in [-0.4, -0.2) is 25.7 Å². The third-order valence-electron chi connectivity index (χ3n) is 1.36. The molecule has 1 aromatic rings. The molecule has 1 rings (SSSR count). The van der Waals surface area contributed by atoms with Crippen molar-refractivity contribution in [3.8, 4) is 0 Å². The Balaban J connectivity index is 2.90. The molecule has 0 bridgehead atoms. The summed E-state index contributed by atoms with van der Waals surface area (Å²) in [6.45, 7) is 1.87. The third kappa shape index (κ3) is 2.49. The van der Waals surface area contributed by atoms with Crippen LogP contribution in [0.1, 0.15) is 6.92 Å². The molecule has 1 unspecified atom stereocenters. The van der Waals surface area contributed by atoms with Crippen molar-refractivity contribution in [2.45, 2.75) is 19.6 Å². The van der Waals surface area contributed by atoms with Gasteiger partial charge in [0.05, 0.1) is 12.6 Å². The van der Waals surface area contributed by atoms with Crippen LogP contribution in [0.5, 0.6) is 0 Å². The van der Waals surface area contributed by atoms with E-state index in [1.54, 1.807) is 6.92 Å². The normalized spacial score (nSPS) is 12.8. The SMILES string of the molecule is CC(O)Cn1cc([N+](=O)[O-])nc1Br. The highest BCUT2D eigenvalue weighted by Gasteiger charge is 2.16. The van der Waals surface area contributed by atoms with Crippen LogP contribution in [-0.2, 0) is 6.54 Å². The Morgan fingerprint density at radius 2 is 2.54 bits per heavy atom. The van der Waals surface area contributed by atoms with Crippen molar-refractivity contribution in [1.82, 2.24) is 9.55 Å². The fourth-order valence-corrected chi connectivity index (χ4v) is 1.31. The molecule has 0 amide bonds. The van der Waals surface area contributed by atoms with Crippen molar-refractivity contribution >= 4 is 21.7 Å². The van der Waals surface area contributed by atoms with Gasteiger partial charge in [0.2, 0.25) is 0 Å². The fourth-order valence-electron chi connectivity index (χ4n) is 0.881. The maximum atomic E-state index is 10.3. The van der Waals surface area contributed by atoms with Gasteiger partial charge in [0.25, 0.3) is 4.73 Å². The van der Waals surface area contributed by atoms with Gasteiger partial charge in [-0.05, 0) is 16.8 Å². The summed E-state index contributed by atoms with van der Waals surface area (Å²) in [6, 6.07) is 0. The maximum Gasteiger partial charge on any atom is 0.382 e. The Morgan fingerprint density at radius 1 is 1.92 bits per heavy atom. The summed E-state index contributed by atoms with van der Waals surface area (Å²) in [6.07, 6.45) is 0.710. The Bertz CT molecular complexity index is 323. The van der Waals surface area contributed by atoms with Gasteiger partial charge in [-0.1, -0.05) is 0 Å². The smallest absolute Gasteiger partial charge is 0.382 e. The molecule has 0 spiro atoms. The number of rotatable bonds is 3. The van der Waals surface area contributed by atoms with E-state index >= 15 is 0 Å². The highest BCUT2D eigenvalue weighted by molar-refractivity contribution is 9.10. The van der Waals surface area contributed by atoms with E-state index < -0.39 is 11.0 Å². The molecule has 0 aliphatic rings.